The van der Waals surface area contributed by atoms with Crippen LogP contribution in [0.15, 0.2) is 29.4 Å². The highest BCUT2D eigenvalue weighted by Crippen LogP contribution is 2.11. The van der Waals surface area contributed by atoms with Gasteiger partial charge in [0.1, 0.15) is 0 Å². The fourth-order valence-corrected chi connectivity index (χ4v) is 0.980. The second-order valence-electron chi connectivity index (χ2n) is 2.58. The van der Waals surface area contributed by atoms with Gasteiger partial charge in [0.15, 0.2) is 0 Å². The average Bonchev–Trinajstić information content (AvgIpc) is 2.20. The molecule has 0 aromatic heterocycles. The molecule has 0 fully saturated rings. The zero-order chi connectivity index (χ0) is 11.3. The molecule has 1 rings (SSSR count). The van der Waals surface area contributed by atoms with Gasteiger partial charge >= 0.3 is 11.8 Å². The largest absolute Gasteiger partial charge is 0.361 e. The normalized spacial score (nSPS) is 10.2. The molecule has 1 aromatic rings. The van der Waals surface area contributed by atoms with Crippen molar-refractivity contribution in [1.82, 2.24) is 5.43 Å². The minimum Gasteiger partial charge on any atom is -0.361 e. The Morgan fingerprint density at radius 2 is 2.07 bits per heavy atom. The maximum absolute atomic E-state index is 10.7. The highest BCUT2D eigenvalue weighted by Gasteiger charge is 2.05. The Hall–Kier alpha value is -1.88. The Bertz CT molecular complexity index is 418. The van der Waals surface area contributed by atoms with E-state index in [0.717, 1.165) is 0 Å². The number of hydrogen-bond donors (Lipinski definition) is 2. The molecule has 0 aliphatic rings. The van der Waals surface area contributed by atoms with E-state index in [4.69, 9.17) is 17.3 Å². The molecular weight excluding hydrogens is 218 g/mol. The summed E-state index contributed by atoms with van der Waals surface area (Å²) in [5.74, 6) is -2.07. The lowest BCUT2D eigenvalue weighted by Gasteiger charge is -1.96. The van der Waals surface area contributed by atoms with Crippen molar-refractivity contribution >= 4 is 29.6 Å². The lowest BCUT2D eigenvalue weighted by atomic mass is 10.2. The number of carbonyl (C=O) groups is 2. The molecule has 3 N–H and O–H groups in total. The Kier molecular flexibility index (Phi) is 3.82. The summed E-state index contributed by atoms with van der Waals surface area (Å²) < 4.78 is 0. The molecule has 15 heavy (non-hydrogen) atoms. The molecule has 0 atom stereocenters. The molecule has 2 amide bonds. The molecule has 0 unspecified atom stereocenters. The second-order valence-corrected chi connectivity index (χ2v) is 2.99. The number of amides is 2. The van der Waals surface area contributed by atoms with Crippen molar-refractivity contribution in [1.29, 1.82) is 0 Å². The summed E-state index contributed by atoms with van der Waals surface area (Å²) in [5, 5.41) is 4.01. The van der Waals surface area contributed by atoms with Gasteiger partial charge in [-0.3, -0.25) is 9.59 Å². The van der Waals surface area contributed by atoms with Gasteiger partial charge in [0, 0.05) is 10.6 Å². The maximum Gasteiger partial charge on any atom is 0.329 e. The quantitative estimate of drug-likeness (QED) is 0.430. The number of hydrogen-bond acceptors (Lipinski definition) is 3. The van der Waals surface area contributed by atoms with E-state index in [2.05, 4.69) is 5.10 Å². The highest BCUT2D eigenvalue weighted by atomic mass is 35.5. The molecule has 78 valence electrons. The first-order chi connectivity index (χ1) is 7.11. The summed E-state index contributed by atoms with van der Waals surface area (Å²) in [4.78, 5) is 21.0. The summed E-state index contributed by atoms with van der Waals surface area (Å²) in [6.07, 6.45) is 1.32. The zero-order valence-electron chi connectivity index (χ0n) is 7.61. The van der Waals surface area contributed by atoms with Crippen LogP contribution in [0.5, 0.6) is 0 Å². The van der Waals surface area contributed by atoms with Gasteiger partial charge in [-0.25, -0.2) is 5.43 Å². The van der Waals surface area contributed by atoms with Crippen molar-refractivity contribution < 1.29 is 9.59 Å². The summed E-state index contributed by atoms with van der Waals surface area (Å²) in [7, 11) is 0. The number of halogens is 1. The van der Waals surface area contributed by atoms with Crippen LogP contribution in [0.2, 0.25) is 5.02 Å². The van der Waals surface area contributed by atoms with Crippen LogP contribution < -0.4 is 11.2 Å². The third-order valence-electron chi connectivity index (χ3n) is 1.50. The lowest BCUT2D eigenvalue weighted by Crippen LogP contribution is -2.32. The van der Waals surface area contributed by atoms with Crippen LogP contribution in [0.3, 0.4) is 0 Å². The fraction of sp³-hybridized carbons (Fsp3) is 0. The number of benzene rings is 1. The number of nitrogens with two attached hydrogens (primary N) is 1. The minimum atomic E-state index is -1.09. The van der Waals surface area contributed by atoms with Crippen LogP contribution in [-0.2, 0) is 9.59 Å². The summed E-state index contributed by atoms with van der Waals surface area (Å²) in [5.41, 5.74) is 7.28. The average molecular weight is 226 g/mol. The van der Waals surface area contributed by atoms with Gasteiger partial charge in [-0.1, -0.05) is 29.8 Å². The Morgan fingerprint density at radius 3 is 2.67 bits per heavy atom. The number of rotatable bonds is 2. The van der Waals surface area contributed by atoms with E-state index in [1.54, 1.807) is 24.3 Å². The van der Waals surface area contributed by atoms with E-state index in [0.29, 0.717) is 10.6 Å². The monoisotopic (exact) mass is 225 g/mol. The van der Waals surface area contributed by atoms with Crippen LogP contribution in [-0.4, -0.2) is 18.0 Å². The molecule has 0 heterocycles. The van der Waals surface area contributed by atoms with Crippen molar-refractivity contribution in [2.45, 2.75) is 0 Å². The van der Waals surface area contributed by atoms with Crippen molar-refractivity contribution in [2.24, 2.45) is 10.8 Å². The van der Waals surface area contributed by atoms with Crippen molar-refractivity contribution in [2.75, 3.05) is 0 Å². The molecule has 0 radical (unpaired) electrons. The molecular formula is C9H8ClN3O2. The summed E-state index contributed by atoms with van der Waals surface area (Å²) in [6, 6.07) is 6.92. The Balaban J connectivity index is 2.63. The predicted octanol–water partition coefficient (Wildman–Crippen LogP) is 0.275. The molecule has 0 saturated heterocycles. The van der Waals surface area contributed by atoms with Gasteiger partial charge < -0.3 is 5.73 Å². The molecule has 1 aromatic carbocycles. The third kappa shape index (κ3) is 3.40. The van der Waals surface area contributed by atoms with E-state index in [-0.39, 0.29) is 0 Å². The number of nitrogens with zero attached hydrogens (tertiary/aromatic N) is 1. The van der Waals surface area contributed by atoms with E-state index in [9.17, 15) is 9.59 Å². The molecule has 0 saturated carbocycles. The number of hydrazone groups is 1. The Labute approximate surface area is 90.9 Å². The van der Waals surface area contributed by atoms with E-state index in [1.807, 2.05) is 5.43 Å². The highest BCUT2D eigenvalue weighted by molar-refractivity contribution is 6.34. The topological polar surface area (TPSA) is 84.5 Å². The van der Waals surface area contributed by atoms with Gasteiger partial charge in [0.2, 0.25) is 0 Å². The predicted molar refractivity (Wildman–Crippen MR) is 56.4 cm³/mol. The van der Waals surface area contributed by atoms with Crippen molar-refractivity contribution in [3.8, 4) is 0 Å². The minimum absolute atomic E-state index is 0.495. The van der Waals surface area contributed by atoms with Crippen molar-refractivity contribution in [3.05, 3.63) is 34.9 Å². The molecule has 0 aliphatic carbocycles. The number of primary amides is 1. The first-order valence-electron chi connectivity index (χ1n) is 3.98. The van der Waals surface area contributed by atoms with Gasteiger partial charge in [-0.2, -0.15) is 5.10 Å². The van der Waals surface area contributed by atoms with E-state index < -0.39 is 11.8 Å². The number of nitrogens with one attached hydrogen (secondary N) is 1. The zero-order valence-corrected chi connectivity index (χ0v) is 8.36. The molecule has 0 bridgehead atoms. The van der Waals surface area contributed by atoms with E-state index >= 15 is 0 Å². The van der Waals surface area contributed by atoms with Gasteiger partial charge in [-0.05, 0) is 6.07 Å². The first-order valence-corrected chi connectivity index (χ1v) is 4.36. The standard InChI is InChI=1S/C9H8ClN3O2/c10-7-4-2-1-3-6(7)5-12-13-9(15)8(11)14/h1-5H,(H2,11,14)(H,13,15)/b12-5+. The van der Waals surface area contributed by atoms with Gasteiger partial charge in [0.05, 0.1) is 6.21 Å². The van der Waals surface area contributed by atoms with Crippen LogP contribution in [0.1, 0.15) is 5.56 Å². The molecule has 5 nitrogen and oxygen atoms in total. The fourth-order valence-electron chi connectivity index (χ4n) is 0.795. The maximum atomic E-state index is 10.7. The van der Waals surface area contributed by atoms with E-state index in [1.165, 1.54) is 6.21 Å². The second kappa shape index (κ2) is 5.11. The molecule has 0 spiro atoms. The summed E-state index contributed by atoms with van der Waals surface area (Å²) in [6.45, 7) is 0. The molecule has 0 aliphatic heterocycles. The van der Waals surface area contributed by atoms with Crippen LogP contribution in [0.4, 0.5) is 0 Å². The van der Waals surface area contributed by atoms with Crippen LogP contribution in [0, 0.1) is 0 Å². The van der Waals surface area contributed by atoms with Crippen LogP contribution in [0.25, 0.3) is 0 Å². The Morgan fingerprint density at radius 1 is 1.40 bits per heavy atom. The SMILES string of the molecule is NC(=O)C(=O)N/N=C/c1ccccc1Cl. The molecule has 6 heteroatoms. The number of carbonyl (C=O) groups excluding carboxylic acids is 2. The van der Waals surface area contributed by atoms with Crippen molar-refractivity contribution in [3.63, 3.8) is 0 Å². The van der Waals surface area contributed by atoms with Crippen LogP contribution >= 0.6 is 11.6 Å². The lowest BCUT2D eigenvalue weighted by molar-refractivity contribution is -0.137. The smallest absolute Gasteiger partial charge is 0.329 e. The third-order valence-corrected chi connectivity index (χ3v) is 1.84. The summed E-state index contributed by atoms with van der Waals surface area (Å²) >= 11 is 5.81. The van der Waals surface area contributed by atoms with Gasteiger partial charge in [0.25, 0.3) is 0 Å². The first kappa shape index (κ1) is 11.2. The van der Waals surface area contributed by atoms with Gasteiger partial charge in [-0.15, -0.1) is 0 Å².